The van der Waals surface area contributed by atoms with Crippen molar-refractivity contribution in [3.05, 3.63) is 47.1 Å². The van der Waals surface area contributed by atoms with Gasteiger partial charge in [-0.3, -0.25) is 0 Å². The quantitative estimate of drug-likeness (QED) is 0.0741. The van der Waals surface area contributed by atoms with E-state index in [9.17, 15) is 10.2 Å². The van der Waals surface area contributed by atoms with Gasteiger partial charge in [0.25, 0.3) is 0 Å². The van der Waals surface area contributed by atoms with Crippen LogP contribution in [0.2, 0.25) is 54.4 Å². The van der Waals surface area contributed by atoms with Gasteiger partial charge in [-0.1, -0.05) is 127 Å². The van der Waals surface area contributed by atoms with Gasteiger partial charge in [0.05, 0.1) is 42.7 Å². The van der Waals surface area contributed by atoms with Crippen LogP contribution in [0.25, 0.3) is 0 Å². The van der Waals surface area contributed by atoms with E-state index >= 15 is 0 Å². The van der Waals surface area contributed by atoms with Crippen LogP contribution in [0.5, 0.6) is 0 Å². The van der Waals surface area contributed by atoms with E-state index < -0.39 is 54.5 Å². The molecule has 9 nitrogen and oxygen atoms in total. The van der Waals surface area contributed by atoms with Gasteiger partial charge in [0.15, 0.2) is 30.7 Å². The molecule has 0 aromatic heterocycles. The zero-order chi connectivity index (χ0) is 49.8. The van der Waals surface area contributed by atoms with Crippen molar-refractivity contribution in [1.29, 1.82) is 5.26 Å². The lowest BCUT2D eigenvalue weighted by molar-refractivity contribution is -0.335. The van der Waals surface area contributed by atoms with E-state index in [1.165, 1.54) is 5.57 Å². The number of rotatable bonds is 19. The van der Waals surface area contributed by atoms with Crippen LogP contribution in [-0.4, -0.2) is 97.4 Å². The number of methoxy groups -OCH3 is 1. The van der Waals surface area contributed by atoms with E-state index in [0.29, 0.717) is 19.3 Å². The maximum Gasteiger partial charge on any atom is 0.192 e. The highest BCUT2D eigenvalue weighted by Gasteiger charge is 2.67. The molecule has 2 saturated heterocycles. The third kappa shape index (κ3) is 14.0. The van der Waals surface area contributed by atoms with Crippen molar-refractivity contribution in [2.45, 2.75) is 240 Å². The molecule has 0 unspecified atom stereocenters. The summed E-state index contributed by atoms with van der Waals surface area (Å²) in [6.07, 6.45) is 8.13. The minimum atomic E-state index is -2.38. The number of hydrogen-bond donors (Lipinski definition) is 2. The Morgan fingerprint density at radius 3 is 1.88 bits per heavy atom. The van der Waals surface area contributed by atoms with Crippen molar-refractivity contribution in [3.8, 4) is 6.07 Å². The standard InChI is InChI=1S/C52H97NO8Si3/c1-35(28-30-53)26-25-27-36(2)37(3)32-38(4)45(61-64(23,24)50(13,14)15)40(6)42(59-62(19,20)48(7,8)9)33-43(56-18)46-47(55)51(16,17)52(58-46)34-44(39(5)41(57-52)29-31-54)60-63(21,22)49(10,11)12/h25-28,32,38-47,54-55H,29,31,33-34H2,1-24H3/b26-25+,35-28-,36-27+,37-32+/t38-,39-,40+,41+,42+,43+,44-,45-,46-,47+,52-/m1/s1. The van der Waals surface area contributed by atoms with Crippen molar-refractivity contribution in [2.24, 2.45) is 23.2 Å². The first kappa shape index (κ1) is 58.9. The van der Waals surface area contributed by atoms with Crippen LogP contribution in [0.4, 0.5) is 0 Å². The minimum Gasteiger partial charge on any atom is -0.413 e. The van der Waals surface area contributed by atoms with Gasteiger partial charge in [-0.05, 0) is 98.7 Å². The molecule has 2 rings (SSSR count). The second-order valence-corrected chi connectivity index (χ2v) is 39.0. The maximum atomic E-state index is 12.5. The predicted molar refractivity (Wildman–Crippen MR) is 274 cm³/mol. The normalized spacial score (nSPS) is 28.3. The Labute approximate surface area is 396 Å². The smallest absolute Gasteiger partial charge is 0.192 e. The molecule has 0 amide bonds. The molecule has 2 aliphatic heterocycles. The average Bonchev–Trinajstić information content (AvgIpc) is 3.32. The number of ether oxygens (including phenoxy) is 3. The molecule has 0 aliphatic carbocycles. The van der Waals surface area contributed by atoms with E-state index in [2.05, 4.69) is 154 Å². The Morgan fingerprint density at radius 1 is 0.859 bits per heavy atom. The highest BCUT2D eigenvalue weighted by Crippen LogP contribution is 2.56. The summed E-state index contributed by atoms with van der Waals surface area (Å²) < 4.78 is 43.0. The molecular weight excluding hydrogens is 851 g/mol. The van der Waals surface area contributed by atoms with Crippen LogP contribution in [0.3, 0.4) is 0 Å². The van der Waals surface area contributed by atoms with Gasteiger partial charge < -0.3 is 37.7 Å². The summed E-state index contributed by atoms with van der Waals surface area (Å²) in [5, 5.41) is 31.8. The average molecular weight is 949 g/mol. The van der Waals surface area contributed by atoms with Crippen molar-refractivity contribution >= 4 is 25.0 Å². The minimum absolute atomic E-state index is 0.00320. The van der Waals surface area contributed by atoms with Crippen LogP contribution in [0.1, 0.15) is 137 Å². The highest BCUT2D eigenvalue weighted by molar-refractivity contribution is 6.75. The second-order valence-electron chi connectivity index (χ2n) is 24.7. The number of aliphatic hydroxyl groups is 2. The van der Waals surface area contributed by atoms with E-state index in [1.807, 2.05) is 32.9 Å². The molecule has 2 heterocycles. The molecule has 11 atom stereocenters. The van der Waals surface area contributed by atoms with Crippen molar-refractivity contribution in [1.82, 2.24) is 0 Å². The first-order chi connectivity index (χ1) is 28.9. The van der Waals surface area contributed by atoms with Gasteiger partial charge in [-0.15, -0.1) is 0 Å². The van der Waals surface area contributed by atoms with Gasteiger partial charge >= 0.3 is 0 Å². The molecule has 2 N–H and O–H groups in total. The Balaban J connectivity index is 2.77. The second kappa shape index (κ2) is 22.0. The van der Waals surface area contributed by atoms with Crippen molar-refractivity contribution < 1.29 is 37.7 Å². The summed E-state index contributed by atoms with van der Waals surface area (Å²) in [7, 11) is -5.20. The summed E-state index contributed by atoms with van der Waals surface area (Å²) in [5.74, 6) is -1.21. The van der Waals surface area contributed by atoms with E-state index in [0.717, 1.165) is 11.1 Å². The summed E-state index contributed by atoms with van der Waals surface area (Å²) in [4.78, 5) is 0. The SMILES string of the molecule is CO[C@@H](C[C@H](O[Si](C)(C)C(C)(C)C)[C@H](C)[C@H](O[Si](C)(C)C(C)(C)C)[C@H](C)/C=C(C)/C(C)=C/C=C/C(C)=C\C#N)[C@H]1O[C@]2(C[C@@H](O[Si](C)(C)C(C)(C)C)[C@H](C)[C@H](CCO)O2)C(C)(C)[C@H]1O. The fourth-order valence-corrected chi connectivity index (χ4v) is 12.6. The first-order valence-electron chi connectivity index (χ1n) is 24.2. The summed E-state index contributed by atoms with van der Waals surface area (Å²) in [6, 6.07) is 2.10. The number of hydrogen-bond acceptors (Lipinski definition) is 9. The topological polar surface area (TPSA) is 120 Å². The van der Waals surface area contributed by atoms with Crippen molar-refractivity contribution in [2.75, 3.05) is 13.7 Å². The monoisotopic (exact) mass is 948 g/mol. The molecule has 2 fully saturated rings. The van der Waals surface area contributed by atoms with Gasteiger partial charge in [0, 0.05) is 49.9 Å². The fraction of sp³-hybridized carbons (Fsp3) is 0.827. The molecule has 1 spiro atoms. The molecule has 12 heteroatoms. The zero-order valence-corrected chi connectivity index (χ0v) is 48.3. The molecule has 370 valence electrons. The van der Waals surface area contributed by atoms with Crippen LogP contribution < -0.4 is 0 Å². The lowest BCUT2D eigenvalue weighted by Crippen LogP contribution is -2.60. The van der Waals surface area contributed by atoms with E-state index in [4.69, 9.17) is 32.8 Å². The summed E-state index contributed by atoms with van der Waals surface area (Å²) in [5.41, 5.74) is 2.37. The number of aliphatic hydroxyl groups excluding tert-OH is 2. The zero-order valence-electron chi connectivity index (χ0n) is 45.3. The predicted octanol–water partition coefficient (Wildman–Crippen LogP) is 13.0. The van der Waals surface area contributed by atoms with E-state index in [-0.39, 0.29) is 63.9 Å². The molecule has 0 bridgehead atoms. The van der Waals surface area contributed by atoms with Crippen LogP contribution >= 0.6 is 0 Å². The first-order valence-corrected chi connectivity index (χ1v) is 32.9. The van der Waals surface area contributed by atoms with Gasteiger partial charge in [0.2, 0.25) is 0 Å². The van der Waals surface area contributed by atoms with Crippen LogP contribution in [-0.2, 0) is 27.5 Å². The molecule has 0 radical (unpaired) electrons. The lowest BCUT2D eigenvalue weighted by Gasteiger charge is -2.53. The number of nitrogens with zero attached hydrogens (tertiary/aromatic N) is 1. The van der Waals surface area contributed by atoms with Gasteiger partial charge in [0.1, 0.15) is 6.10 Å². The van der Waals surface area contributed by atoms with Crippen LogP contribution in [0, 0.1) is 34.5 Å². The lowest BCUT2D eigenvalue weighted by atomic mass is 9.72. The highest BCUT2D eigenvalue weighted by atomic mass is 28.4. The Bertz CT molecular complexity index is 1690. The largest absolute Gasteiger partial charge is 0.413 e. The third-order valence-corrected chi connectivity index (χ3v) is 29.9. The van der Waals surface area contributed by atoms with E-state index in [1.54, 1.807) is 13.2 Å². The van der Waals surface area contributed by atoms with Gasteiger partial charge in [-0.2, -0.15) is 5.26 Å². The summed E-state index contributed by atoms with van der Waals surface area (Å²) in [6.45, 7) is 51.2. The van der Waals surface area contributed by atoms with Gasteiger partial charge in [-0.25, -0.2) is 0 Å². The maximum absolute atomic E-state index is 12.5. The Kier molecular flexibility index (Phi) is 20.3. The number of nitriles is 1. The molecule has 0 aromatic rings. The summed E-state index contributed by atoms with van der Waals surface area (Å²) >= 11 is 0. The molecular formula is C52H97NO8Si3. The molecule has 0 aromatic carbocycles. The Hall–Kier alpha value is -1.22. The molecule has 2 aliphatic rings. The Morgan fingerprint density at radius 2 is 1.39 bits per heavy atom. The molecule has 0 saturated carbocycles. The van der Waals surface area contributed by atoms with Crippen LogP contribution in [0.15, 0.2) is 47.1 Å². The number of allylic oxidation sites excluding steroid dienone is 7. The molecule has 64 heavy (non-hydrogen) atoms. The third-order valence-electron chi connectivity index (χ3n) is 16.4. The van der Waals surface area contributed by atoms with Crippen molar-refractivity contribution in [3.63, 3.8) is 0 Å². The fourth-order valence-electron chi connectivity index (χ4n) is 8.27.